The number of hydrogen-bond acceptors (Lipinski definition) is 5. The minimum absolute atomic E-state index is 0.242. The Morgan fingerprint density at radius 1 is 1.30 bits per heavy atom. The summed E-state index contributed by atoms with van der Waals surface area (Å²) in [5.41, 5.74) is 0.902. The van der Waals surface area contributed by atoms with Crippen molar-refractivity contribution >= 4 is 11.3 Å². The summed E-state index contributed by atoms with van der Waals surface area (Å²) in [6.45, 7) is 1.45. The van der Waals surface area contributed by atoms with Gasteiger partial charge in [0.2, 0.25) is 0 Å². The number of methoxy groups -OCH3 is 1. The highest BCUT2D eigenvalue weighted by Crippen LogP contribution is 2.22. The van der Waals surface area contributed by atoms with Gasteiger partial charge in [0.15, 0.2) is 11.6 Å². The van der Waals surface area contributed by atoms with E-state index < -0.39 is 0 Å². The predicted octanol–water partition coefficient (Wildman–Crippen LogP) is 2.73. The monoisotopic (exact) mass is 296 g/mol. The summed E-state index contributed by atoms with van der Waals surface area (Å²) in [4.78, 5) is 5.58. The van der Waals surface area contributed by atoms with Crippen molar-refractivity contribution in [2.45, 2.75) is 19.8 Å². The molecular weight excluding hydrogens is 279 g/mol. The zero-order chi connectivity index (χ0) is 14.4. The number of nitrogens with zero attached hydrogens (tertiary/aromatic N) is 1. The lowest BCUT2D eigenvalue weighted by atomic mass is 10.3. The van der Waals surface area contributed by atoms with Crippen LogP contribution in [0.25, 0.3) is 0 Å². The fraction of sp³-hybridized carbons (Fsp3) is 0.357. The standard InChI is InChI=1S/C14H17FN2O2S/c1-16-7-13-11(8-18-2)17-14(20-13)9-19-12-6-4-3-5-10(12)15/h3-6,16H,7-9H2,1-2H3. The third-order valence-electron chi connectivity index (χ3n) is 2.63. The van der Waals surface area contributed by atoms with Gasteiger partial charge in [-0.3, -0.25) is 0 Å². The van der Waals surface area contributed by atoms with E-state index >= 15 is 0 Å². The second-order valence-corrected chi connectivity index (χ2v) is 5.33. The van der Waals surface area contributed by atoms with Crippen LogP contribution in [0.2, 0.25) is 0 Å². The van der Waals surface area contributed by atoms with Gasteiger partial charge in [0.05, 0.1) is 12.3 Å². The summed E-state index contributed by atoms with van der Waals surface area (Å²) in [5, 5.41) is 3.90. The Morgan fingerprint density at radius 3 is 2.80 bits per heavy atom. The molecule has 4 nitrogen and oxygen atoms in total. The zero-order valence-electron chi connectivity index (χ0n) is 11.5. The summed E-state index contributed by atoms with van der Waals surface area (Å²) >= 11 is 1.55. The number of hydrogen-bond donors (Lipinski definition) is 1. The number of nitrogens with one attached hydrogen (secondary N) is 1. The first kappa shape index (κ1) is 14.9. The van der Waals surface area contributed by atoms with Crippen LogP contribution in [0.1, 0.15) is 15.6 Å². The molecule has 1 heterocycles. The number of ether oxygens (including phenoxy) is 2. The fourth-order valence-corrected chi connectivity index (χ4v) is 2.74. The minimum atomic E-state index is -0.364. The summed E-state index contributed by atoms with van der Waals surface area (Å²) in [6, 6.07) is 6.35. The van der Waals surface area contributed by atoms with Crippen molar-refractivity contribution in [2.75, 3.05) is 14.2 Å². The molecule has 0 aliphatic carbocycles. The number of thiazole rings is 1. The third-order valence-corrected chi connectivity index (χ3v) is 3.70. The second kappa shape index (κ2) is 7.33. The van der Waals surface area contributed by atoms with E-state index in [1.165, 1.54) is 6.07 Å². The molecule has 0 aliphatic heterocycles. The molecule has 0 spiro atoms. The quantitative estimate of drug-likeness (QED) is 0.853. The van der Waals surface area contributed by atoms with Gasteiger partial charge in [0.1, 0.15) is 11.6 Å². The van der Waals surface area contributed by atoms with E-state index in [0.29, 0.717) is 6.61 Å². The van der Waals surface area contributed by atoms with E-state index in [9.17, 15) is 4.39 Å². The van der Waals surface area contributed by atoms with Gasteiger partial charge in [0, 0.05) is 18.5 Å². The molecule has 0 amide bonds. The van der Waals surface area contributed by atoms with Crippen molar-refractivity contribution in [1.82, 2.24) is 10.3 Å². The highest BCUT2D eigenvalue weighted by Gasteiger charge is 2.11. The Bertz CT molecular complexity index is 536. The zero-order valence-corrected chi connectivity index (χ0v) is 12.3. The van der Waals surface area contributed by atoms with Gasteiger partial charge in [-0.15, -0.1) is 11.3 Å². The summed E-state index contributed by atoms with van der Waals surface area (Å²) in [7, 11) is 3.52. The van der Waals surface area contributed by atoms with Crippen LogP contribution in [0.5, 0.6) is 5.75 Å². The van der Waals surface area contributed by atoms with Crippen molar-refractivity contribution in [1.29, 1.82) is 0 Å². The molecule has 6 heteroatoms. The molecule has 0 radical (unpaired) electrons. The number of para-hydroxylation sites is 1. The summed E-state index contributed by atoms with van der Waals surface area (Å²) < 4.78 is 24.0. The number of aromatic nitrogens is 1. The first-order chi connectivity index (χ1) is 9.74. The Hall–Kier alpha value is -1.50. The van der Waals surface area contributed by atoms with Crippen molar-refractivity contribution < 1.29 is 13.9 Å². The van der Waals surface area contributed by atoms with E-state index in [2.05, 4.69) is 10.3 Å². The molecule has 0 atom stereocenters. The lowest BCUT2D eigenvalue weighted by molar-refractivity contribution is 0.180. The van der Waals surface area contributed by atoms with Gasteiger partial charge in [-0.2, -0.15) is 0 Å². The molecular formula is C14H17FN2O2S. The Labute approximate surface area is 121 Å². The van der Waals surface area contributed by atoms with E-state index in [1.54, 1.807) is 36.6 Å². The summed E-state index contributed by atoms with van der Waals surface area (Å²) in [6.07, 6.45) is 0. The molecule has 2 aromatic rings. The highest BCUT2D eigenvalue weighted by molar-refractivity contribution is 7.11. The van der Waals surface area contributed by atoms with Gasteiger partial charge in [0.25, 0.3) is 0 Å². The molecule has 2 rings (SSSR count). The van der Waals surface area contributed by atoms with Crippen LogP contribution in [-0.4, -0.2) is 19.1 Å². The van der Waals surface area contributed by atoms with Crippen LogP contribution in [0.4, 0.5) is 4.39 Å². The fourth-order valence-electron chi connectivity index (χ4n) is 1.75. The second-order valence-electron chi connectivity index (χ2n) is 4.16. The van der Waals surface area contributed by atoms with Crippen LogP contribution in [0.15, 0.2) is 24.3 Å². The minimum Gasteiger partial charge on any atom is -0.483 e. The Morgan fingerprint density at radius 2 is 2.10 bits per heavy atom. The number of rotatable bonds is 7. The van der Waals surface area contributed by atoms with Crippen LogP contribution >= 0.6 is 11.3 Å². The Balaban J connectivity index is 2.06. The van der Waals surface area contributed by atoms with E-state index in [0.717, 1.165) is 22.1 Å². The Kier molecular flexibility index (Phi) is 5.46. The van der Waals surface area contributed by atoms with Crippen LogP contribution < -0.4 is 10.1 Å². The third kappa shape index (κ3) is 3.75. The largest absolute Gasteiger partial charge is 0.483 e. The van der Waals surface area contributed by atoms with Gasteiger partial charge in [-0.05, 0) is 19.2 Å². The predicted molar refractivity (Wildman–Crippen MR) is 76.3 cm³/mol. The van der Waals surface area contributed by atoms with Gasteiger partial charge in [-0.1, -0.05) is 12.1 Å². The van der Waals surface area contributed by atoms with Crippen LogP contribution in [0, 0.1) is 5.82 Å². The summed E-state index contributed by atoms with van der Waals surface area (Å²) in [5.74, 6) is -0.122. The van der Waals surface area contributed by atoms with Crippen LogP contribution in [0.3, 0.4) is 0 Å². The molecule has 0 unspecified atom stereocenters. The van der Waals surface area contributed by atoms with E-state index in [4.69, 9.17) is 9.47 Å². The van der Waals surface area contributed by atoms with Crippen molar-refractivity contribution in [3.05, 3.63) is 45.7 Å². The van der Waals surface area contributed by atoms with Crippen molar-refractivity contribution in [2.24, 2.45) is 0 Å². The van der Waals surface area contributed by atoms with Gasteiger partial charge < -0.3 is 14.8 Å². The van der Waals surface area contributed by atoms with Crippen molar-refractivity contribution in [3.8, 4) is 5.75 Å². The molecule has 0 saturated carbocycles. The van der Waals surface area contributed by atoms with Crippen molar-refractivity contribution in [3.63, 3.8) is 0 Å². The normalized spacial score (nSPS) is 10.8. The first-order valence-corrected chi connectivity index (χ1v) is 7.04. The smallest absolute Gasteiger partial charge is 0.165 e. The van der Waals surface area contributed by atoms with E-state index in [1.807, 2.05) is 7.05 Å². The molecule has 1 N–H and O–H groups in total. The molecule has 0 saturated heterocycles. The molecule has 20 heavy (non-hydrogen) atoms. The lowest BCUT2D eigenvalue weighted by Crippen LogP contribution is -2.06. The maximum absolute atomic E-state index is 13.4. The van der Waals surface area contributed by atoms with Gasteiger partial charge >= 0.3 is 0 Å². The lowest BCUT2D eigenvalue weighted by Gasteiger charge is -2.04. The number of halogens is 1. The molecule has 0 bridgehead atoms. The topological polar surface area (TPSA) is 43.4 Å². The molecule has 0 fully saturated rings. The average Bonchev–Trinajstić information content (AvgIpc) is 2.81. The molecule has 1 aromatic carbocycles. The average molecular weight is 296 g/mol. The van der Waals surface area contributed by atoms with Crippen LogP contribution in [-0.2, 0) is 24.5 Å². The molecule has 108 valence electrons. The molecule has 1 aromatic heterocycles. The SMILES string of the molecule is CNCc1sc(COc2ccccc2F)nc1COC. The number of benzene rings is 1. The van der Waals surface area contributed by atoms with E-state index in [-0.39, 0.29) is 18.2 Å². The molecule has 0 aliphatic rings. The maximum Gasteiger partial charge on any atom is 0.165 e. The maximum atomic E-state index is 13.4. The first-order valence-electron chi connectivity index (χ1n) is 6.23. The highest BCUT2D eigenvalue weighted by atomic mass is 32.1. The van der Waals surface area contributed by atoms with Gasteiger partial charge in [-0.25, -0.2) is 9.37 Å².